The summed E-state index contributed by atoms with van der Waals surface area (Å²) >= 11 is 1.48. The summed E-state index contributed by atoms with van der Waals surface area (Å²) in [6.45, 7) is 5.80. The van der Waals surface area contributed by atoms with Gasteiger partial charge < -0.3 is 4.90 Å². The Morgan fingerprint density at radius 1 is 1.07 bits per heavy atom. The van der Waals surface area contributed by atoms with E-state index >= 15 is 0 Å². The minimum absolute atomic E-state index is 0.0629. The first kappa shape index (κ1) is 20.1. The average molecular weight is 435 g/mol. The predicted octanol–water partition coefficient (Wildman–Crippen LogP) is 3.84. The highest BCUT2D eigenvalue weighted by Gasteiger charge is 2.33. The van der Waals surface area contributed by atoms with Gasteiger partial charge in [-0.15, -0.1) is 11.3 Å². The van der Waals surface area contributed by atoms with Crippen molar-refractivity contribution in [2.24, 2.45) is 0 Å². The van der Waals surface area contributed by atoms with E-state index in [-0.39, 0.29) is 16.8 Å². The lowest BCUT2D eigenvalue weighted by Gasteiger charge is -2.35. The van der Waals surface area contributed by atoms with Gasteiger partial charge in [-0.1, -0.05) is 6.07 Å². The van der Waals surface area contributed by atoms with E-state index in [2.05, 4.69) is 10.00 Å². The molecule has 0 aliphatic carbocycles. The standard InChI is InChI=1S/C20H23FN4O2S2/c1-15(2)25-14-19(20(22-25)18-4-3-13-28-18)29(26,27)24-11-9-23(10-12-24)17-7-5-16(21)6-8-17/h3-8,13-15H,9-12H2,1-2H3. The molecule has 3 heterocycles. The monoisotopic (exact) mass is 434 g/mol. The van der Waals surface area contributed by atoms with Gasteiger partial charge in [-0.05, 0) is 49.6 Å². The van der Waals surface area contributed by atoms with E-state index in [4.69, 9.17) is 0 Å². The number of benzene rings is 1. The molecule has 0 bridgehead atoms. The van der Waals surface area contributed by atoms with Crippen LogP contribution in [0.15, 0.2) is 52.9 Å². The van der Waals surface area contributed by atoms with Gasteiger partial charge in [0.1, 0.15) is 16.4 Å². The van der Waals surface area contributed by atoms with E-state index in [9.17, 15) is 12.8 Å². The van der Waals surface area contributed by atoms with Gasteiger partial charge in [0.05, 0.1) is 4.88 Å². The Morgan fingerprint density at radius 2 is 1.76 bits per heavy atom. The molecule has 0 spiro atoms. The van der Waals surface area contributed by atoms with Crippen molar-refractivity contribution in [1.82, 2.24) is 14.1 Å². The highest BCUT2D eigenvalue weighted by atomic mass is 32.2. The molecule has 9 heteroatoms. The summed E-state index contributed by atoms with van der Waals surface area (Å²) in [6.07, 6.45) is 1.64. The lowest BCUT2D eigenvalue weighted by Crippen LogP contribution is -2.48. The molecule has 0 amide bonds. The maximum absolute atomic E-state index is 13.4. The predicted molar refractivity (Wildman–Crippen MR) is 113 cm³/mol. The Morgan fingerprint density at radius 3 is 2.34 bits per heavy atom. The first-order valence-corrected chi connectivity index (χ1v) is 11.8. The minimum atomic E-state index is -3.67. The lowest BCUT2D eigenvalue weighted by atomic mass is 10.2. The summed E-state index contributed by atoms with van der Waals surface area (Å²) in [5.74, 6) is -0.279. The molecule has 0 N–H and O–H groups in total. The number of sulfonamides is 1. The van der Waals surface area contributed by atoms with Crippen LogP contribution in [0.3, 0.4) is 0 Å². The SMILES string of the molecule is CC(C)n1cc(S(=O)(=O)N2CCN(c3ccc(F)cc3)CC2)c(-c2cccs2)n1. The molecule has 154 valence electrons. The third-order valence-corrected chi connectivity index (χ3v) is 7.81. The summed E-state index contributed by atoms with van der Waals surface area (Å²) in [5, 5.41) is 6.48. The Bertz CT molecular complexity index is 1070. The summed E-state index contributed by atoms with van der Waals surface area (Å²) in [5.41, 5.74) is 1.41. The zero-order valence-electron chi connectivity index (χ0n) is 16.3. The van der Waals surface area contributed by atoms with Gasteiger partial charge in [0, 0.05) is 44.1 Å². The zero-order valence-corrected chi connectivity index (χ0v) is 18.0. The fourth-order valence-corrected chi connectivity index (χ4v) is 5.74. The van der Waals surface area contributed by atoms with Gasteiger partial charge in [0.2, 0.25) is 10.0 Å². The third-order valence-electron chi connectivity index (χ3n) is 5.03. The number of anilines is 1. The molecule has 0 saturated carbocycles. The third kappa shape index (κ3) is 3.94. The normalized spacial score (nSPS) is 15.9. The van der Waals surface area contributed by atoms with E-state index in [0.717, 1.165) is 10.6 Å². The van der Waals surface area contributed by atoms with Crippen molar-refractivity contribution < 1.29 is 12.8 Å². The largest absolute Gasteiger partial charge is 0.369 e. The summed E-state index contributed by atoms with van der Waals surface area (Å²) in [4.78, 5) is 3.17. The number of halogens is 1. The summed E-state index contributed by atoms with van der Waals surface area (Å²) in [6, 6.07) is 10.1. The van der Waals surface area contributed by atoms with Gasteiger partial charge in [-0.25, -0.2) is 12.8 Å². The van der Waals surface area contributed by atoms with Crippen molar-refractivity contribution in [3.05, 3.63) is 53.8 Å². The van der Waals surface area contributed by atoms with Crippen LogP contribution in [0.4, 0.5) is 10.1 Å². The quantitative estimate of drug-likeness (QED) is 0.612. The lowest BCUT2D eigenvalue weighted by molar-refractivity contribution is 0.385. The molecule has 2 aromatic heterocycles. The fraction of sp³-hybridized carbons (Fsp3) is 0.350. The van der Waals surface area contributed by atoms with Crippen LogP contribution in [0.2, 0.25) is 0 Å². The zero-order chi connectivity index (χ0) is 20.6. The number of rotatable bonds is 5. The first-order valence-electron chi connectivity index (χ1n) is 9.50. The van der Waals surface area contributed by atoms with E-state index < -0.39 is 10.0 Å². The summed E-state index contributed by atoms with van der Waals surface area (Å²) in [7, 11) is -3.67. The highest BCUT2D eigenvalue weighted by molar-refractivity contribution is 7.89. The molecule has 1 aliphatic heterocycles. The van der Waals surface area contributed by atoms with Crippen LogP contribution in [-0.4, -0.2) is 48.7 Å². The molecule has 0 atom stereocenters. The molecule has 1 aromatic carbocycles. The Balaban J connectivity index is 1.59. The van der Waals surface area contributed by atoms with E-state index in [1.54, 1.807) is 23.0 Å². The minimum Gasteiger partial charge on any atom is -0.369 e. The maximum atomic E-state index is 13.4. The van der Waals surface area contributed by atoms with E-state index in [1.807, 2.05) is 31.4 Å². The molecule has 6 nitrogen and oxygen atoms in total. The van der Waals surface area contributed by atoms with Crippen LogP contribution < -0.4 is 4.90 Å². The number of hydrogen-bond donors (Lipinski definition) is 0. The Hall–Kier alpha value is -2.23. The molecular formula is C20H23FN4O2S2. The molecule has 29 heavy (non-hydrogen) atoms. The van der Waals surface area contributed by atoms with Crippen LogP contribution in [0.25, 0.3) is 10.6 Å². The average Bonchev–Trinajstić information content (AvgIpc) is 3.38. The maximum Gasteiger partial charge on any atom is 0.246 e. The molecule has 4 rings (SSSR count). The summed E-state index contributed by atoms with van der Waals surface area (Å²) < 4.78 is 43.3. The number of piperazine rings is 1. The molecule has 1 fully saturated rings. The van der Waals surface area contributed by atoms with Crippen LogP contribution in [0, 0.1) is 5.82 Å². The van der Waals surface area contributed by atoms with Crippen LogP contribution >= 0.6 is 11.3 Å². The fourth-order valence-electron chi connectivity index (χ4n) is 3.39. The molecular weight excluding hydrogens is 411 g/mol. The smallest absolute Gasteiger partial charge is 0.246 e. The molecule has 1 aliphatic rings. The Labute approximate surface area is 174 Å². The Kier molecular flexibility index (Phi) is 5.46. The van der Waals surface area contributed by atoms with Crippen molar-refractivity contribution in [2.45, 2.75) is 24.8 Å². The topological polar surface area (TPSA) is 58.4 Å². The second-order valence-electron chi connectivity index (χ2n) is 7.26. The molecule has 0 radical (unpaired) electrons. The van der Waals surface area contributed by atoms with Crippen LogP contribution in [0.5, 0.6) is 0 Å². The van der Waals surface area contributed by atoms with Crippen molar-refractivity contribution >= 4 is 27.0 Å². The van der Waals surface area contributed by atoms with Crippen molar-refractivity contribution in [3.63, 3.8) is 0 Å². The van der Waals surface area contributed by atoms with Crippen LogP contribution in [0.1, 0.15) is 19.9 Å². The highest BCUT2D eigenvalue weighted by Crippen LogP contribution is 2.33. The van der Waals surface area contributed by atoms with E-state index in [1.165, 1.54) is 27.8 Å². The number of nitrogens with zero attached hydrogens (tertiary/aromatic N) is 4. The van der Waals surface area contributed by atoms with Gasteiger partial charge in [0.25, 0.3) is 0 Å². The van der Waals surface area contributed by atoms with Crippen molar-refractivity contribution in [1.29, 1.82) is 0 Å². The number of aromatic nitrogens is 2. The number of thiophene rings is 1. The van der Waals surface area contributed by atoms with Crippen molar-refractivity contribution in [3.8, 4) is 10.6 Å². The van der Waals surface area contributed by atoms with Crippen LogP contribution in [-0.2, 0) is 10.0 Å². The molecule has 1 saturated heterocycles. The molecule has 3 aromatic rings. The van der Waals surface area contributed by atoms with Gasteiger partial charge >= 0.3 is 0 Å². The van der Waals surface area contributed by atoms with E-state index in [0.29, 0.717) is 31.9 Å². The number of hydrogen-bond acceptors (Lipinski definition) is 5. The second kappa shape index (κ2) is 7.89. The van der Waals surface area contributed by atoms with Crippen molar-refractivity contribution in [2.75, 3.05) is 31.1 Å². The molecule has 0 unspecified atom stereocenters. The first-order chi connectivity index (χ1) is 13.9. The van der Waals surface area contributed by atoms with Gasteiger partial charge in [-0.2, -0.15) is 9.40 Å². The van der Waals surface area contributed by atoms with Gasteiger partial charge in [-0.3, -0.25) is 4.68 Å². The van der Waals surface area contributed by atoms with Gasteiger partial charge in [0.15, 0.2) is 0 Å². The second-order valence-corrected chi connectivity index (χ2v) is 10.1.